The Labute approximate surface area is 108 Å². The van der Waals surface area contributed by atoms with Gasteiger partial charge in [0.25, 0.3) is 0 Å². The van der Waals surface area contributed by atoms with Crippen LogP contribution in [0, 0.1) is 11.3 Å². The van der Waals surface area contributed by atoms with Gasteiger partial charge in [-0.05, 0) is 43.6 Å². The van der Waals surface area contributed by atoms with E-state index in [1.807, 2.05) is 0 Å². The summed E-state index contributed by atoms with van der Waals surface area (Å²) in [6.07, 6.45) is 8.06. The van der Waals surface area contributed by atoms with E-state index >= 15 is 0 Å². The molecule has 1 saturated carbocycles. The average Bonchev–Trinajstić information content (AvgIpc) is 2.75. The van der Waals surface area contributed by atoms with Crippen LogP contribution in [0.5, 0.6) is 0 Å². The van der Waals surface area contributed by atoms with Crippen LogP contribution < -0.4 is 5.32 Å². The summed E-state index contributed by atoms with van der Waals surface area (Å²) in [5.74, 6) is 0.761. The minimum Gasteiger partial charge on any atom is -0.381 e. The second-order valence-corrected chi connectivity index (χ2v) is 6.03. The summed E-state index contributed by atoms with van der Waals surface area (Å²) in [6.45, 7) is 10.9. The van der Waals surface area contributed by atoms with Crippen LogP contribution in [-0.2, 0) is 4.74 Å². The summed E-state index contributed by atoms with van der Waals surface area (Å²) in [7, 11) is 0. The molecular weight excluding hydrogens is 210 g/mol. The van der Waals surface area contributed by atoms with Crippen LogP contribution in [0.25, 0.3) is 0 Å². The van der Waals surface area contributed by atoms with Gasteiger partial charge in [0.1, 0.15) is 0 Å². The maximum Gasteiger partial charge on any atom is 0.0471 e. The van der Waals surface area contributed by atoms with E-state index in [-0.39, 0.29) is 0 Å². The van der Waals surface area contributed by atoms with Gasteiger partial charge in [-0.3, -0.25) is 0 Å². The van der Waals surface area contributed by atoms with Crippen molar-refractivity contribution in [2.75, 3.05) is 26.3 Å². The molecule has 0 unspecified atom stereocenters. The Bertz CT molecular complexity index is 185. The highest BCUT2D eigenvalue weighted by Crippen LogP contribution is 2.40. The van der Waals surface area contributed by atoms with Crippen molar-refractivity contribution >= 4 is 0 Å². The first-order chi connectivity index (χ1) is 8.18. The van der Waals surface area contributed by atoms with Crippen molar-refractivity contribution in [1.29, 1.82) is 0 Å². The summed E-state index contributed by atoms with van der Waals surface area (Å²) in [6, 6.07) is 0. The predicted octanol–water partition coefficient (Wildman–Crippen LogP) is 3.61. The molecule has 0 aliphatic heterocycles. The maximum atomic E-state index is 5.78. The van der Waals surface area contributed by atoms with E-state index < -0.39 is 0 Å². The van der Waals surface area contributed by atoms with Gasteiger partial charge in [-0.25, -0.2) is 0 Å². The normalized spacial score (nSPS) is 19.1. The molecule has 0 aromatic carbocycles. The average molecular weight is 241 g/mol. The molecule has 0 spiro atoms. The molecule has 17 heavy (non-hydrogen) atoms. The van der Waals surface area contributed by atoms with Crippen molar-refractivity contribution < 1.29 is 4.74 Å². The zero-order valence-electron chi connectivity index (χ0n) is 12.1. The molecule has 2 heteroatoms. The van der Waals surface area contributed by atoms with Crippen molar-refractivity contribution in [2.45, 2.75) is 59.3 Å². The lowest BCUT2D eigenvalue weighted by atomic mass is 9.83. The first-order valence-electron chi connectivity index (χ1n) is 7.47. The highest BCUT2D eigenvalue weighted by atomic mass is 16.5. The standard InChI is InChI=1S/C15H31NO/c1-4-16-13-15(8-5-6-9-15)10-12-17-11-7-14(2)3/h14,16H,4-13H2,1-3H3. The maximum absolute atomic E-state index is 5.78. The predicted molar refractivity (Wildman–Crippen MR) is 74.3 cm³/mol. The Morgan fingerprint density at radius 3 is 2.47 bits per heavy atom. The van der Waals surface area contributed by atoms with E-state index in [1.165, 1.54) is 45.1 Å². The van der Waals surface area contributed by atoms with Crippen molar-refractivity contribution in [2.24, 2.45) is 11.3 Å². The quantitative estimate of drug-likeness (QED) is 0.623. The topological polar surface area (TPSA) is 21.3 Å². The zero-order valence-corrected chi connectivity index (χ0v) is 12.1. The molecule has 0 aromatic heterocycles. The molecule has 1 aliphatic carbocycles. The van der Waals surface area contributed by atoms with Gasteiger partial charge in [-0.15, -0.1) is 0 Å². The number of ether oxygens (including phenoxy) is 1. The fraction of sp³-hybridized carbons (Fsp3) is 1.00. The number of hydrogen-bond donors (Lipinski definition) is 1. The lowest BCUT2D eigenvalue weighted by Crippen LogP contribution is -2.33. The lowest BCUT2D eigenvalue weighted by Gasteiger charge is -2.29. The fourth-order valence-corrected chi connectivity index (χ4v) is 2.74. The lowest BCUT2D eigenvalue weighted by molar-refractivity contribution is 0.0871. The van der Waals surface area contributed by atoms with Gasteiger partial charge in [0, 0.05) is 19.8 Å². The van der Waals surface area contributed by atoms with E-state index in [1.54, 1.807) is 0 Å². The van der Waals surface area contributed by atoms with E-state index in [0.717, 1.165) is 25.7 Å². The molecule has 102 valence electrons. The van der Waals surface area contributed by atoms with Crippen LogP contribution in [0.15, 0.2) is 0 Å². The van der Waals surface area contributed by atoms with E-state index in [2.05, 4.69) is 26.1 Å². The van der Waals surface area contributed by atoms with Crippen LogP contribution >= 0.6 is 0 Å². The van der Waals surface area contributed by atoms with Gasteiger partial charge in [0.15, 0.2) is 0 Å². The Balaban J connectivity index is 2.16. The second-order valence-electron chi connectivity index (χ2n) is 6.03. The highest BCUT2D eigenvalue weighted by molar-refractivity contribution is 4.86. The van der Waals surface area contributed by atoms with Gasteiger partial charge < -0.3 is 10.1 Å². The van der Waals surface area contributed by atoms with Crippen molar-refractivity contribution in [3.05, 3.63) is 0 Å². The Kier molecular flexibility index (Phi) is 7.14. The monoisotopic (exact) mass is 241 g/mol. The Morgan fingerprint density at radius 2 is 1.88 bits per heavy atom. The molecule has 0 atom stereocenters. The van der Waals surface area contributed by atoms with Crippen molar-refractivity contribution in [1.82, 2.24) is 5.32 Å². The highest BCUT2D eigenvalue weighted by Gasteiger charge is 2.32. The molecule has 0 bridgehead atoms. The third-order valence-corrected chi connectivity index (χ3v) is 4.03. The molecule has 2 nitrogen and oxygen atoms in total. The van der Waals surface area contributed by atoms with Crippen LogP contribution in [-0.4, -0.2) is 26.3 Å². The Hall–Kier alpha value is -0.0800. The summed E-state index contributed by atoms with van der Waals surface area (Å²) >= 11 is 0. The first kappa shape index (κ1) is 15.0. The van der Waals surface area contributed by atoms with Gasteiger partial charge in [0.05, 0.1) is 0 Å². The smallest absolute Gasteiger partial charge is 0.0471 e. The molecule has 0 saturated heterocycles. The number of rotatable bonds is 9. The molecule has 1 aliphatic rings. The van der Waals surface area contributed by atoms with Crippen LogP contribution in [0.3, 0.4) is 0 Å². The number of nitrogens with one attached hydrogen (secondary N) is 1. The third kappa shape index (κ3) is 5.87. The first-order valence-corrected chi connectivity index (χ1v) is 7.47. The molecular formula is C15H31NO. The molecule has 0 radical (unpaired) electrons. The molecule has 0 aromatic rings. The van der Waals surface area contributed by atoms with Gasteiger partial charge in [-0.1, -0.05) is 33.6 Å². The summed E-state index contributed by atoms with van der Waals surface area (Å²) in [4.78, 5) is 0. The Morgan fingerprint density at radius 1 is 1.18 bits per heavy atom. The van der Waals surface area contributed by atoms with E-state index in [4.69, 9.17) is 4.74 Å². The molecule has 0 heterocycles. The molecule has 1 rings (SSSR count). The fourth-order valence-electron chi connectivity index (χ4n) is 2.74. The molecule has 1 fully saturated rings. The second kappa shape index (κ2) is 8.10. The molecule has 0 amide bonds. The minimum absolute atomic E-state index is 0.549. The van der Waals surface area contributed by atoms with Crippen molar-refractivity contribution in [3.63, 3.8) is 0 Å². The van der Waals surface area contributed by atoms with Crippen LogP contribution in [0.2, 0.25) is 0 Å². The SMILES string of the molecule is CCNCC1(CCOCCC(C)C)CCCC1. The zero-order chi connectivity index (χ0) is 12.6. The summed E-state index contributed by atoms with van der Waals surface area (Å²) < 4.78 is 5.78. The summed E-state index contributed by atoms with van der Waals surface area (Å²) in [5, 5.41) is 3.53. The van der Waals surface area contributed by atoms with Gasteiger partial charge >= 0.3 is 0 Å². The minimum atomic E-state index is 0.549. The van der Waals surface area contributed by atoms with Gasteiger partial charge in [0.2, 0.25) is 0 Å². The third-order valence-electron chi connectivity index (χ3n) is 4.03. The van der Waals surface area contributed by atoms with E-state index in [9.17, 15) is 0 Å². The van der Waals surface area contributed by atoms with Crippen molar-refractivity contribution in [3.8, 4) is 0 Å². The largest absolute Gasteiger partial charge is 0.381 e. The summed E-state index contributed by atoms with van der Waals surface area (Å²) in [5.41, 5.74) is 0.549. The molecule has 1 N–H and O–H groups in total. The van der Waals surface area contributed by atoms with Crippen LogP contribution in [0.4, 0.5) is 0 Å². The van der Waals surface area contributed by atoms with Gasteiger partial charge in [-0.2, -0.15) is 0 Å². The van der Waals surface area contributed by atoms with Crippen LogP contribution in [0.1, 0.15) is 59.3 Å². The van der Waals surface area contributed by atoms with E-state index in [0.29, 0.717) is 5.41 Å². The number of hydrogen-bond acceptors (Lipinski definition) is 2.